The van der Waals surface area contributed by atoms with Crippen LogP contribution >= 0.6 is 0 Å². The van der Waals surface area contributed by atoms with Crippen LogP contribution in [0.5, 0.6) is 0 Å². The molecule has 0 spiro atoms. The lowest BCUT2D eigenvalue weighted by molar-refractivity contribution is -0.306. The van der Waals surface area contributed by atoms with Crippen LogP contribution < -0.4 is 0 Å². The van der Waals surface area contributed by atoms with Crippen LogP contribution in [0.15, 0.2) is 24.0 Å². The van der Waals surface area contributed by atoms with E-state index in [9.17, 15) is 13.2 Å². The zero-order valence-corrected chi connectivity index (χ0v) is 6.40. The van der Waals surface area contributed by atoms with Gasteiger partial charge in [-0.05, 0) is 18.9 Å². The van der Waals surface area contributed by atoms with Crippen LogP contribution in [0.4, 0.5) is 13.2 Å². The second-order valence-electron chi connectivity index (χ2n) is 2.50. The minimum absolute atomic E-state index is 0.00347. The van der Waals surface area contributed by atoms with E-state index in [1.807, 2.05) is 6.08 Å². The summed E-state index contributed by atoms with van der Waals surface area (Å²) in [7, 11) is 0. The molecule has 0 aromatic heterocycles. The van der Waals surface area contributed by atoms with Crippen molar-refractivity contribution >= 4 is 0 Å². The normalized spacial score (nSPS) is 18.4. The Bertz CT molecular complexity index is 203. The van der Waals surface area contributed by atoms with Gasteiger partial charge in [-0.25, -0.2) is 0 Å². The SMILES string of the molecule is FC(F)(F)OC1=CC=CCCC1. The molecule has 0 N–H and O–H groups in total. The van der Waals surface area contributed by atoms with Gasteiger partial charge in [-0.2, -0.15) is 0 Å². The van der Waals surface area contributed by atoms with Crippen molar-refractivity contribution in [2.75, 3.05) is 0 Å². The molecule has 0 fully saturated rings. The molecular weight excluding hydrogens is 169 g/mol. The number of halogens is 3. The molecule has 0 bridgehead atoms. The predicted octanol–water partition coefficient (Wildman–Crippen LogP) is 3.15. The molecule has 0 aromatic rings. The number of ether oxygens (including phenoxy) is 1. The summed E-state index contributed by atoms with van der Waals surface area (Å²) in [5.74, 6) is -0.00347. The van der Waals surface area contributed by atoms with Crippen LogP contribution in [0, 0.1) is 0 Å². The maximum Gasteiger partial charge on any atom is 0.572 e. The maximum absolute atomic E-state index is 11.7. The molecule has 1 rings (SSSR count). The van der Waals surface area contributed by atoms with Crippen LogP contribution in [0.2, 0.25) is 0 Å². The topological polar surface area (TPSA) is 9.23 Å². The van der Waals surface area contributed by atoms with Gasteiger partial charge in [0.15, 0.2) is 0 Å². The first kappa shape index (κ1) is 9.16. The molecular formula is C8H9F3O. The van der Waals surface area contributed by atoms with Crippen molar-refractivity contribution < 1.29 is 17.9 Å². The summed E-state index contributed by atoms with van der Waals surface area (Å²) in [6.07, 6.45) is 2.09. The quantitative estimate of drug-likeness (QED) is 0.599. The molecule has 0 aliphatic heterocycles. The predicted molar refractivity (Wildman–Crippen MR) is 38.2 cm³/mol. The van der Waals surface area contributed by atoms with E-state index in [1.165, 1.54) is 6.08 Å². The monoisotopic (exact) mass is 178 g/mol. The average Bonchev–Trinajstić information content (AvgIpc) is 2.12. The highest BCUT2D eigenvalue weighted by Gasteiger charge is 2.31. The van der Waals surface area contributed by atoms with Crippen molar-refractivity contribution in [2.45, 2.75) is 25.6 Å². The first-order valence-electron chi connectivity index (χ1n) is 3.69. The standard InChI is InChI=1S/C8H9F3O/c9-8(10,11)12-7-5-3-1-2-4-6-7/h1,3,5H,2,4,6H2. The van der Waals surface area contributed by atoms with E-state index >= 15 is 0 Å². The summed E-state index contributed by atoms with van der Waals surface area (Å²) in [5.41, 5.74) is 0. The molecule has 0 saturated heterocycles. The fourth-order valence-electron chi connectivity index (χ4n) is 0.983. The van der Waals surface area contributed by atoms with Gasteiger partial charge in [-0.15, -0.1) is 13.2 Å². The van der Waals surface area contributed by atoms with Gasteiger partial charge >= 0.3 is 6.36 Å². The van der Waals surface area contributed by atoms with Gasteiger partial charge in [0.2, 0.25) is 0 Å². The van der Waals surface area contributed by atoms with Crippen molar-refractivity contribution in [1.29, 1.82) is 0 Å². The second kappa shape index (κ2) is 3.65. The van der Waals surface area contributed by atoms with E-state index in [0.29, 0.717) is 12.8 Å². The Labute approximate surface area is 68.5 Å². The third kappa shape index (κ3) is 3.46. The van der Waals surface area contributed by atoms with Gasteiger partial charge in [0.1, 0.15) is 5.76 Å². The smallest absolute Gasteiger partial charge is 0.410 e. The van der Waals surface area contributed by atoms with E-state index in [1.54, 1.807) is 6.08 Å². The zero-order valence-electron chi connectivity index (χ0n) is 6.40. The van der Waals surface area contributed by atoms with Gasteiger partial charge in [-0.3, -0.25) is 0 Å². The van der Waals surface area contributed by atoms with E-state index in [2.05, 4.69) is 4.74 Å². The van der Waals surface area contributed by atoms with Crippen LogP contribution in [-0.4, -0.2) is 6.36 Å². The van der Waals surface area contributed by atoms with Gasteiger partial charge in [0.05, 0.1) is 0 Å². The second-order valence-corrected chi connectivity index (χ2v) is 2.50. The van der Waals surface area contributed by atoms with Crippen LogP contribution in [0.25, 0.3) is 0 Å². The third-order valence-electron chi connectivity index (χ3n) is 1.46. The van der Waals surface area contributed by atoms with E-state index in [-0.39, 0.29) is 5.76 Å². The van der Waals surface area contributed by atoms with Crippen molar-refractivity contribution in [3.8, 4) is 0 Å². The van der Waals surface area contributed by atoms with E-state index in [4.69, 9.17) is 0 Å². The van der Waals surface area contributed by atoms with Gasteiger partial charge in [-0.1, -0.05) is 12.2 Å². The minimum atomic E-state index is -4.55. The highest BCUT2D eigenvalue weighted by atomic mass is 19.4. The summed E-state index contributed by atoms with van der Waals surface area (Å²) in [6.45, 7) is 0. The van der Waals surface area contributed by atoms with Crippen molar-refractivity contribution in [3.05, 3.63) is 24.0 Å². The highest BCUT2D eigenvalue weighted by Crippen LogP contribution is 2.24. The largest absolute Gasteiger partial charge is 0.572 e. The van der Waals surface area contributed by atoms with Crippen molar-refractivity contribution in [2.24, 2.45) is 0 Å². The lowest BCUT2D eigenvalue weighted by atomic mass is 10.2. The average molecular weight is 178 g/mol. The Morgan fingerprint density at radius 1 is 1.33 bits per heavy atom. The molecule has 0 heterocycles. The summed E-state index contributed by atoms with van der Waals surface area (Å²) in [5, 5.41) is 0. The Kier molecular flexibility index (Phi) is 2.78. The molecule has 12 heavy (non-hydrogen) atoms. The van der Waals surface area contributed by atoms with Gasteiger partial charge < -0.3 is 4.74 Å². The van der Waals surface area contributed by atoms with Crippen LogP contribution in [0.3, 0.4) is 0 Å². The third-order valence-corrected chi connectivity index (χ3v) is 1.46. The summed E-state index contributed by atoms with van der Waals surface area (Å²) < 4.78 is 38.8. The lowest BCUT2D eigenvalue weighted by Gasteiger charge is -2.10. The molecule has 0 unspecified atom stereocenters. The number of hydrogen-bond acceptors (Lipinski definition) is 1. The highest BCUT2D eigenvalue weighted by molar-refractivity contribution is 5.10. The van der Waals surface area contributed by atoms with Gasteiger partial charge in [0, 0.05) is 6.42 Å². The first-order valence-corrected chi connectivity index (χ1v) is 3.69. The Morgan fingerprint density at radius 3 is 2.75 bits per heavy atom. The molecule has 1 nitrogen and oxygen atoms in total. The van der Waals surface area contributed by atoms with Crippen LogP contribution in [-0.2, 0) is 4.74 Å². The lowest BCUT2D eigenvalue weighted by Crippen LogP contribution is -2.12. The molecule has 1 aliphatic carbocycles. The summed E-state index contributed by atoms with van der Waals surface area (Å²) in [6, 6.07) is 0. The molecule has 0 saturated carbocycles. The zero-order chi connectivity index (χ0) is 9.03. The molecule has 68 valence electrons. The summed E-state index contributed by atoms with van der Waals surface area (Å²) in [4.78, 5) is 0. The Morgan fingerprint density at radius 2 is 2.08 bits per heavy atom. The molecule has 4 heteroatoms. The number of allylic oxidation sites excluding steroid dienone is 4. The Hall–Kier alpha value is -0.930. The number of hydrogen-bond donors (Lipinski definition) is 0. The fraction of sp³-hybridized carbons (Fsp3) is 0.500. The van der Waals surface area contributed by atoms with Crippen LogP contribution in [0.1, 0.15) is 19.3 Å². The Balaban J connectivity index is 2.51. The summed E-state index contributed by atoms with van der Waals surface area (Å²) >= 11 is 0. The molecule has 0 aromatic carbocycles. The van der Waals surface area contributed by atoms with E-state index < -0.39 is 6.36 Å². The fourth-order valence-corrected chi connectivity index (χ4v) is 0.983. The molecule has 0 amide bonds. The minimum Gasteiger partial charge on any atom is -0.410 e. The first-order chi connectivity index (χ1) is 5.58. The molecule has 0 radical (unpaired) electrons. The maximum atomic E-state index is 11.7. The molecule has 1 aliphatic rings. The van der Waals surface area contributed by atoms with Crippen molar-refractivity contribution in [1.82, 2.24) is 0 Å². The van der Waals surface area contributed by atoms with E-state index in [0.717, 1.165) is 6.42 Å². The van der Waals surface area contributed by atoms with Crippen molar-refractivity contribution in [3.63, 3.8) is 0 Å². The van der Waals surface area contributed by atoms with Gasteiger partial charge in [0.25, 0.3) is 0 Å². The number of rotatable bonds is 1. The molecule has 0 atom stereocenters. The number of alkyl halides is 3.